The van der Waals surface area contributed by atoms with Crippen LogP contribution in [0.3, 0.4) is 0 Å². The fourth-order valence-corrected chi connectivity index (χ4v) is 6.52. The summed E-state index contributed by atoms with van der Waals surface area (Å²) in [5.74, 6) is 1.60. The van der Waals surface area contributed by atoms with Crippen molar-refractivity contribution >= 4 is 0 Å². The maximum atomic E-state index is 12.1. The van der Waals surface area contributed by atoms with Crippen LogP contribution in [0.1, 0.15) is 43.2 Å². The molecule has 0 amide bonds. The highest BCUT2D eigenvalue weighted by Gasteiger charge is 2.72. The van der Waals surface area contributed by atoms with Crippen LogP contribution in [0, 0.1) is 5.92 Å². The lowest BCUT2D eigenvalue weighted by Crippen LogP contribution is -2.77. The van der Waals surface area contributed by atoms with Gasteiger partial charge >= 0.3 is 0 Å². The third-order valence-electron chi connectivity index (χ3n) is 7.81. The van der Waals surface area contributed by atoms with Gasteiger partial charge in [0.25, 0.3) is 0 Å². The Labute approximate surface area is 147 Å². The van der Waals surface area contributed by atoms with E-state index in [0.717, 1.165) is 50.3 Å². The Morgan fingerprint density at radius 3 is 2.88 bits per heavy atom. The number of likely N-dealkylation sites (tertiary alicyclic amines) is 1. The molecule has 6 rings (SSSR count). The third kappa shape index (κ3) is 1.61. The molecule has 1 unspecified atom stereocenters. The Morgan fingerprint density at radius 2 is 2.08 bits per heavy atom. The minimum absolute atomic E-state index is 0.0892. The van der Waals surface area contributed by atoms with E-state index in [1.54, 1.807) is 6.07 Å². The molecule has 1 saturated heterocycles. The molecule has 3 fully saturated rings. The Kier molecular flexibility index (Phi) is 2.67. The largest absolute Gasteiger partial charge is 0.504 e. The lowest BCUT2D eigenvalue weighted by atomic mass is 9.48. The van der Waals surface area contributed by atoms with Gasteiger partial charge in [0, 0.05) is 24.2 Å². The fraction of sp³-hybridized carbons (Fsp3) is 0.700. The summed E-state index contributed by atoms with van der Waals surface area (Å²) in [5, 5.41) is 22.5. The fourth-order valence-electron chi connectivity index (χ4n) is 6.52. The van der Waals surface area contributed by atoms with E-state index in [-0.39, 0.29) is 23.9 Å². The van der Waals surface area contributed by atoms with Gasteiger partial charge in [-0.05, 0) is 62.6 Å². The molecule has 134 valence electrons. The minimum atomic E-state index is -0.799. The highest BCUT2D eigenvalue weighted by Crippen LogP contribution is 2.65. The Balaban J connectivity index is 1.57. The summed E-state index contributed by atoms with van der Waals surface area (Å²) >= 11 is 0. The van der Waals surface area contributed by atoms with Crippen LogP contribution in [0.25, 0.3) is 0 Å². The molecule has 5 atom stereocenters. The summed E-state index contributed by atoms with van der Waals surface area (Å²) in [6.45, 7) is 2.10. The van der Waals surface area contributed by atoms with Gasteiger partial charge < -0.3 is 20.7 Å². The number of hydrogen-bond donors (Lipinski definition) is 3. The van der Waals surface area contributed by atoms with Crippen LogP contribution in [0.5, 0.6) is 11.5 Å². The smallest absolute Gasteiger partial charge is 0.165 e. The molecule has 5 aliphatic rings. The van der Waals surface area contributed by atoms with Crippen LogP contribution in [0.4, 0.5) is 0 Å². The number of aliphatic hydroxyl groups is 1. The van der Waals surface area contributed by atoms with Crippen LogP contribution in [0.2, 0.25) is 0 Å². The second kappa shape index (κ2) is 4.51. The van der Waals surface area contributed by atoms with Crippen LogP contribution in [0.15, 0.2) is 12.1 Å². The topological polar surface area (TPSA) is 79.0 Å². The molecular weight excluding hydrogens is 316 g/mol. The van der Waals surface area contributed by atoms with Crippen molar-refractivity contribution in [3.63, 3.8) is 0 Å². The van der Waals surface area contributed by atoms with Gasteiger partial charge in [-0.3, -0.25) is 4.90 Å². The predicted molar refractivity (Wildman–Crippen MR) is 92.8 cm³/mol. The molecular formula is C20H26N2O3. The van der Waals surface area contributed by atoms with Crippen LogP contribution < -0.4 is 10.5 Å². The molecule has 1 aromatic rings. The number of hydrogen-bond acceptors (Lipinski definition) is 5. The normalized spacial score (nSPS) is 44.3. The van der Waals surface area contributed by atoms with Crippen LogP contribution in [-0.2, 0) is 11.8 Å². The van der Waals surface area contributed by atoms with Crippen LogP contribution in [-0.4, -0.2) is 52.0 Å². The highest BCUT2D eigenvalue weighted by molar-refractivity contribution is 5.62. The van der Waals surface area contributed by atoms with Crippen molar-refractivity contribution in [2.45, 2.75) is 67.7 Å². The number of nitrogens with zero attached hydrogens (tertiary/aromatic N) is 1. The second-order valence-corrected chi connectivity index (χ2v) is 8.99. The monoisotopic (exact) mass is 342 g/mol. The number of aromatic hydroxyl groups is 1. The first-order valence-corrected chi connectivity index (χ1v) is 9.78. The van der Waals surface area contributed by atoms with Crippen molar-refractivity contribution in [3.8, 4) is 11.5 Å². The first kappa shape index (κ1) is 14.8. The molecule has 2 saturated carbocycles. The van der Waals surface area contributed by atoms with E-state index in [4.69, 9.17) is 10.5 Å². The van der Waals surface area contributed by atoms with Crippen molar-refractivity contribution in [1.82, 2.24) is 4.90 Å². The number of rotatable bonds is 2. The first-order chi connectivity index (χ1) is 12.0. The number of nitrogens with two attached hydrogens (primary N) is 1. The van der Waals surface area contributed by atoms with Gasteiger partial charge in [-0.1, -0.05) is 6.07 Å². The van der Waals surface area contributed by atoms with Gasteiger partial charge in [-0.2, -0.15) is 0 Å². The van der Waals surface area contributed by atoms with Gasteiger partial charge in [0.05, 0.1) is 11.0 Å². The van der Waals surface area contributed by atoms with Gasteiger partial charge in [-0.25, -0.2) is 0 Å². The summed E-state index contributed by atoms with van der Waals surface area (Å²) in [7, 11) is 0. The van der Waals surface area contributed by atoms with Gasteiger partial charge in [0.2, 0.25) is 0 Å². The van der Waals surface area contributed by atoms with Crippen molar-refractivity contribution in [3.05, 3.63) is 23.3 Å². The van der Waals surface area contributed by atoms with Gasteiger partial charge in [0.1, 0.15) is 6.10 Å². The lowest BCUT2D eigenvalue weighted by molar-refractivity contribution is -0.189. The first-order valence-electron chi connectivity index (χ1n) is 9.78. The standard InChI is InChI=1S/C20H26N2O3/c21-13-5-6-20(24)15-9-12-3-4-14(23)17-16(12)19(20,18(13)25-17)7-8-22(15)10-11-1-2-11/h3-4,11,13,15,18,23-24H,1-2,5-10,21H2/t13?,15-,18+,19+,20-/m0/s1. The van der Waals surface area contributed by atoms with E-state index in [2.05, 4.69) is 4.90 Å². The van der Waals surface area contributed by atoms with Gasteiger partial charge in [0.15, 0.2) is 11.5 Å². The summed E-state index contributed by atoms with van der Waals surface area (Å²) in [6.07, 6.45) is 5.66. The van der Waals surface area contributed by atoms with E-state index in [0.29, 0.717) is 5.75 Å². The number of benzene rings is 1. The summed E-state index contributed by atoms with van der Waals surface area (Å²) in [4.78, 5) is 2.55. The summed E-state index contributed by atoms with van der Waals surface area (Å²) < 4.78 is 6.26. The average Bonchev–Trinajstić information content (AvgIpc) is 3.32. The van der Waals surface area contributed by atoms with E-state index in [1.807, 2.05) is 6.07 Å². The SMILES string of the molecule is NC1CC[C@]2(O)[C@@H]3Cc4ccc(O)c5c4[C@]2(CCN3CC2CC2)[C@@H]1O5. The Hall–Kier alpha value is -1.30. The maximum absolute atomic E-state index is 12.1. The van der Waals surface area contributed by atoms with Gasteiger partial charge in [-0.15, -0.1) is 0 Å². The van der Waals surface area contributed by atoms with E-state index < -0.39 is 11.0 Å². The predicted octanol–water partition coefficient (Wildman–Crippen LogP) is 1.28. The minimum Gasteiger partial charge on any atom is -0.504 e. The van der Waals surface area contributed by atoms with E-state index in [1.165, 1.54) is 18.4 Å². The summed E-state index contributed by atoms with van der Waals surface area (Å²) in [5.41, 5.74) is 7.53. The van der Waals surface area contributed by atoms with Crippen molar-refractivity contribution < 1.29 is 14.9 Å². The Bertz CT molecular complexity index is 764. The molecule has 25 heavy (non-hydrogen) atoms. The number of phenolic OH excluding ortho intramolecular Hbond substituents is 1. The number of piperidine rings is 1. The summed E-state index contributed by atoms with van der Waals surface area (Å²) in [6, 6.07) is 3.84. The van der Waals surface area contributed by atoms with E-state index >= 15 is 0 Å². The quantitative estimate of drug-likeness (QED) is 0.755. The molecule has 5 nitrogen and oxygen atoms in total. The third-order valence-corrected chi connectivity index (χ3v) is 7.81. The van der Waals surface area contributed by atoms with Crippen molar-refractivity contribution in [2.24, 2.45) is 11.7 Å². The molecule has 1 aromatic carbocycles. The Morgan fingerprint density at radius 1 is 1.24 bits per heavy atom. The zero-order chi connectivity index (χ0) is 17.0. The van der Waals surface area contributed by atoms with Crippen molar-refractivity contribution in [2.75, 3.05) is 13.1 Å². The lowest BCUT2D eigenvalue weighted by Gasteiger charge is -2.64. The van der Waals surface area contributed by atoms with Crippen LogP contribution >= 0.6 is 0 Å². The molecule has 1 spiro atoms. The molecule has 5 heteroatoms. The molecule has 0 radical (unpaired) electrons. The average molecular weight is 342 g/mol. The zero-order valence-corrected chi connectivity index (χ0v) is 14.4. The molecule has 0 aromatic heterocycles. The maximum Gasteiger partial charge on any atom is 0.165 e. The molecule has 3 aliphatic carbocycles. The molecule has 4 N–H and O–H groups in total. The number of phenols is 1. The number of ether oxygens (including phenoxy) is 1. The zero-order valence-electron chi connectivity index (χ0n) is 14.4. The highest BCUT2D eigenvalue weighted by atomic mass is 16.5. The molecule has 2 bridgehead atoms. The second-order valence-electron chi connectivity index (χ2n) is 8.99. The molecule has 2 aliphatic heterocycles. The molecule has 2 heterocycles. The van der Waals surface area contributed by atoms with E-state index in [9.17, 15) is 10.2 Å². The van der Waals surface area contributed by atoms with Crippen molar-refractivity contribution in [1.29, 1.82) is 0 Å².